The number of nitro groups is 1. The fraction of sp³-hybridized carbons (Fsp3) is 0.591. The maximum atomic E-state index is 12.5. The normalized spacial score (nSPS) is 26.1. The second kappa shape index (κ2) is 10.2. The highest BCUT2D eigenvalue weighted by molar-refractivity contribution is 5.77. The molecular formula is C22H32N4O8. The van der Waals surface area contributed by atoms with Gasteiger partial charge in [0.2, 0.25) is 0 Å². The van der Waals surface area contributed by atoms with Gasteiger partial charge in [-0.3, -0.25) is 15.0 Å². The van der Waals surface area contributed by atoms with Crippen molar-refractivity contribution in [3.63, 3.8) is 0 Å². The molecule has 0 saturated carbocycles. The molecule has 12 heteroatoms. The van der Waals surface area contributed by atoms with E-state index in [1.165, 1.54) is 30.3 Å². The third-order valence-corrected chi connectivity index (χ3v) is 5.83. The number of ether oxygens (including phenoxy) is 3. The number of nitrogens with two attached hydrogens (primary N) is 1. The molecule has 0 bridgehead atoms. The van der Waals surface area contributed by atoms with Crippen LogP contribution in [0.3, 0.4) is 0 Å². The van der Waals surface area contributed by atoms with Crippen LogP contribution in [-0.2, 0) is 9.47 Å². The summed E-state index contributed by atoms with van der Waals surface area (Å²) in [5.41, 5.74) is 6.33. The van der Waals surface area contributed by atoms with Crippen LogP contribution in [0.4, 0.5) is 10.5 Å². The number of methoxy groups -OCH3 is 1. The summed E-state index contributed by atoms with van der Waals surface area (Å²) in [6.45, 7) is 5.28. The Morgan fingerprint density at radius 2 is 2.12 bits per heavy atom. The summed E-state index contributed by atoms with van der Waals surface area (Å²) in [4.78, 5) is 25.0. The largest absolute Gasteiger partial charge is 0.497 e. The van der Waals surface area contributed by atoms with Crippen molar-refractivity contribution in [3.05, 3.63) is 45.6 Å². The summed E-state index contributed by atoms with van der Waals surface area (Å²) in [7, 11) is 1.48. The second-order valence-corrected chi connectivity index (χ2v) is 9.39. The quantitative estimate of drug-likeness (QED) is 0.317. The number of carbonyl (C=O) groups is 1. The number of benzene rings is 1. The lowest BCUT2D eigenvalue weighted by atomic mass is 9.83. The topological polar surface area (TPSA) is 170 Å². The number of aliphatic hydroxyl groups is 2. The molecule has 1 saturated heterocycles. The summed E-state index contributed by atoms with van der Waals surface area (Å²) in [6, 6.07) is 3.97. The van der Waals surface area contributed by atoms with Crippen LogP contribution in [0.5, 0.6) is 5.75 Å². The zero-order valence-electron chi connectivity index (χ0n) is 19.6. The van der Waals surface area contributed by atoms with Crippen molar-refractivity contribution in [2.45, 2.75) is 57.9 Å². The molecular weight excluding hydrogens is 448 g/mol. The number of carbonyl (C=O) groups excluding carboxylic acids is 1. The number of hydrogen-bond acceptors (Lipinski definition) is 9. The van der Waals surface area contributed by atoms with Crippen molar-refractivity contribution < 1.29 is 34.1 Å². The third kappa shape index (κ3) is 5.47. The van der Waals surface area contributed by atoms with Gasteiger partial charge in [0.25, 0.3) is 5.69 Å². The van der Waals surface area contributed by atoms with E-state index in [4.69, 9.17) is 19.9 Å². The highest BCUT2D eigenvalue weighted by atomic mass is 16.6. The molecule has 2 aliphatic rings. The third-order valence-electron chi connectivity index (χ3n) is 5.83. The number of amides is 2. The molecule has 0 aromatic heterocycles. The molecule has 12 nitrogen and oxygen atoms in total. The van der Waals surface area contributed by atoms with Crippen LogP contribution in [0.25, 0.3) is 0 Å². The van der Waals surface area contributed by atoms with Crippen LogP contribution in [0, 0.1) is 15.5 Å². The van der Waals surface area contributed by atoms with Crippen LogP contribution in [-0.4, -0.2) is 71.0 Å². The van der Waals surface area contributed by atoms with Crippen molar-refractivity contribution in [3.8, 4) is 5.75 Å². The van der Waals surface area contributed by atoms with Crippen LogP contribution in [0.15, 0.2) is 30.0 Å². The van der Waals surface area contributed by atoms with Crippen molar-refractivity contribution >= 4 is 11.7 Å². The second-order valence-electron chi connectivity index (χ2n) is 9.39. The van der Waals surface area contributed by atoms with Gasteiger partial charge in [-0.25, -0.2) is 4.79 Å². The van der Waals surface area contributed by atoms with Crippen LogP contribution in [0.2, 0.25) is 0 Å². The molecule has 1 aromatic rings. The van der Waals surface area contributed by atoms with Gasteiger partial charge >= 0.3 is 6.03 Å². The first kappa shape index (κ1) is 25.8. The predicted octanol–water partition coefficient (Wildman–Crippen LogP) is 1.37. The maximum absolute atomic E-state index is 12.5. The van der Waals surface area contributed by atoms with Crippen molar-refractivity contribution in [2.24, 2.45) is 11.1 Å². The lowest BCUT2D eigenvalue weighted by molar-refractivity contribution is -0.386. The standard InChI is InChI=1S/C22H32N4O8/c1-22(2,3)19(14-7-13(32-4)5-6-15(14)26(30)31)33-11-12-9-25(21(29)24-20(12)23)18-8-16(28)17(10-27)34-18/h5-7,9,16-20,27-28H,8,10-11,23H2,1-4H3,(H,24,29)/t16-,17+,18+,19+,20?/m0/s1. The van der Waals surface area contributed by atoms with Gasteiger partial charge in [-0.1, -0.05) is 20.8 Å². The highest BCUT2D eigenvalue weighted by Gasteiger charge is 2.40. The monoisotopic (exact) mass is 480 g/mol. The Morgan fingerprint density at radius 3 is 2.68 bits per heavy atom. The molecule has 0 spiro atoms. The molecule has 34 heavy (non-hydrogen) atoms. The Hall–Kier alpha value is -2.77. The summed E-state index contributed by atoms with van der Waals surface area (Å²) >= 11 is 0. The molecule has 0 radical (unpaired) electrons. The van der Waals surface area contributed by atoms with E-state index in [-0.39, 0.29) is 25.3 Å². The Morgan fingerprint density at radius 1 is 1.41 bits per heavy atom. The number of nitro benzene ring substituents is 1. The fourth-order valence-corrected chi connectivity index (χ4v) is 4.03. The minimum absolute atomic E-state index is 0.0348. The maximum Gasteiger partial charge on any atom is 0.325 e. The molecule has 0 aliphatic carbocycles. The highest BCUT2D eigenvalue weighted by Crippen LogP contribution is 2.42. The zero-order chi connectivity index (χ0) is 25.2. The smallest absolute Gasteiger partial charge is 0.325 e. The molecule has 1 aromatic carbocycles. The van der Waals surface area contributed by atoms with E-state index < -0.39 is 47.1 Å². The molecule has 2 amide bonds. The first-order valence-corrected chi connectivity index (χ1v) is 10.9. The van der Waals surface area contributed by atoms with Gasteiger partial charge in [0, 0.05) is 24.3 Å². The predicted molar refractivity (Wildman–Crippen MR) is 121 cm³/mol. The van der Waals surface area contributed by atoms with Crippen LogP contribution >= 0.6 is 0 Å². The Labute approximate surface area is 197 Å². The molecule has 188 valence electrons. The van der Waals surface area contributed by atoms with Crippen molar-refractivity contribution in [1.29, 1.82) is 0 Å². The summed E-state index contributed by atoms with van der Waals surface area (Å²) in [5.74, 6) is 0.459. The summed E-state index contributed by atoms with van der Waals surface area (Å²) in [5, 5.41) is 33.6. The molecule has 2 heterocycles. The number of hydrogen-bond donors (Lipinski definition) is 4. The van der Waals surface area contributed by atoms with E-state index in [2.05, 4.69) is 5.32 Å². The van der Waals surface area contributed by atoms with Gasteiger partial charge in [-0.05, 0) is 17.5 Å². The van der Waals surface area contributed by atoms with E-state index in [0.29, 0.717) is 16.9 Å². The van der Waals surface area contributed by atoms with Crippen LogP contribution in [0.1, 0.15) is 38.9 Å². The van der Waals surface area contributed by atoms with E-state index in [9.17, 15) is 25.1 Å². The van der Waals surface area contributed by atoms with E-state index in [1.807, 2.05) is 20.8 Å². The van der Waals surface area contributed by atoms with Gasteiger partial charge in [-0.15, -0.1) is 0 Å². The van der Waals surface area contributed by atoms with Crippen molar-refractivity contribution in [2.75, 3.05) is 20.3 Å². The first-order valence-electron chi connectivity index (χ1n) is 10.9. The van der Waals surface area contributed by atoms with Gasteiger partial charge in [0.15, 0.2) is 0 Å². The lowest BCUT2D eigenvalue weighted by Gasteiger charge is -2.35. The summed E-state index contributed by atoms with van der Waals surface area (Å²) < 4.78 is 17.0. The van der Waals surface area contributed by atoms with E-state index in [0.717, 1.165) is 0 Å². The van der Waals surface area contributed by atoms with E-state index >= 15 is 0 Å². The van der Waals surface area contributed by atoms with Crippen LogP contribution < -0.4 is 15.8 Å². The van der Waals surface area contributed by atoms with Gasteiger partial charge in [0.1, 0.15) is 24.2 Å². The molecule has 1 fully saturated rings. The zero-order valence-corrected chi connectivity index (χ0v) is 19.6. The number of urea groups is 1. The molecule has 3 rings (SSSR count). The Kier molecular flexibility index (Phi) is 7.78. The number of rotatable bonds is 8. The summed E-state index contributed by atoms with van der Waals surface area (Å²) in [6.07, 6.45) is -2.41. The lowest BCUT2D eigenvalue weighted by Crippen LogP contribution is -2.55. The minimum Gasteiger partial charge on any atom is -0.497 e. The molecule has 5 atom stereocenters. The average molecular weight is 481 g/mol. The number of nitrogens with zero attached hydrogens (tertiary/aromatic N) is 2. The van der Waals surface area contributed by atoms with E-state index in [1.54, 1.807) is 6.07 Å². The Bertz CT molecular complexity index is 947. The number of aliphatic hydroxyl groups excluding tert-OH is 2. The van der Waals surface area contributed by atoms with Gasteiger partial charge in [-0.2, -0.15) is 0 Å². The SMILES string of the molecule is COc1ccc([N+](=O)[O-])c([C@@H](OCC2=CN([C@H]3C[C@H](O)[C@@H](CO)O3)C(=O)NC2N)C(C)(C)C)c1. The average Bonchev–Trinajstić information content (AvgIpc) is 3.14. The molecule has 1 unspecified atom stereocenters. The Balaban J connectivity index is 1.87. The van der Waals surface area contributed by atoms with Gasteiger partial charge < -0.3 is 35.5 Å². The number of nitrogens with one attached hydrogen (secondary N) is 1. The molecule has 5 N–H and O–H groups in total. The molecule has 2 aliphatic heterocycles. The first-order chi connectivity index (χ1) is 16.0. The minimum atomic E-state index is -0.912. The van der Waals surface area contributed by atoms with Crippen molar-refractivity contribution in [1.82, 2.24) is 10.2 Å². The van der Waals surface area contributed by atoms with Gasteiger partial charge in [0.05, 0.1) is 43.0 Å². The fourth-order valence-electron chi connectivity index (χ4n) is 4.03.